The quantitative estimate of drug-likeness (QED) is 0.670. The Morgan fingerprint density at radius 1 is 1.24 bits per heavy atom. The molecule has 1 N–H and O–H groups in total. The first-order valence-electron chi connectivity index (χ1n) is 8.95. The van der Waals surface area contributed by atoms with Gasteiger partial charge in [0.15, 0.2) is 15.0 Å². The number of carbonyl (C=O) groups excluding carboxylic acids is 1. The Morgan fingerprint density at radius 2 is 2.00 bits per heavy atom. The molecular formula is C18H22N2O7S2. The van der Waals surface area contributed by atoms with Gasteiger partial charge in [0.05, 0.1) is 37.5 Å². The fraction of sp³-hybridized carbons (Fsp3) is 0.500. The number of carboxylic acid groups (broad SMARTS) is 1. The maximum absolute atomic E-state index is 12.3. The first-order chi connectivity index (χ1) is 13.7. The summed E-state index contributed by atoms with van der Waals surface area (Å²) in [7, 11) is -0.159. The number of aliphatic imine (C=N–C) groups is 1. The van der Waals surface area contributed by atoms with Gasteiger partial charge in [-0.15, -0.1) is 0 Å². The zero-order valence-electron chi connectivity index (χ0n) is 16.0. The highest BCUT2D eigenvalue weighted by Crippen LogP contribution is 2.44. The molecule has 29 heavy (non-hydrogen) atoms. The zero-order chi connectivity index (χ0) is 21.2. The summed E-state index contributed by atoms with van der Waals surface area (Å²) in [6, 6.07) is 4.79. The van der Waals surface area contributed by atoms with Crippen LogP contribution in [0.3, 0.4) is 0 Å². The molecule has 0 radical (unpaired) electrons. The van der Waals surface area contributed by atoms with Crippen molar-refractivity contribution in [1.82, 2.24) is 0 Å². The lowest BCUT2D eigenvalue weighted by molar-refractivity contribution is -0.137. The minimum absolute atomic E-state index is 0.0115. The summed E-state index contributed by atoms with van der Waals surface area (Å²) in [5, 5.41) is 8.88. The Bertz CT molecular complexity index is 946. The number of aliphatic carboxylic acids is 1. The third-order valence-electron chi connectivity index (χ3n) is 4.71. The summed E-state index contributed by atoms with van der Waals surface area (Å²) in [5.74, 6) is -0.369. The monoisotopic (exact) mass is 442 g/mol. The van der Waals surface area contributed by atoms with E-state index in [-0.39, 0.29) is 42.1 Å². The van der Waals surface area contributed by atoms with Crippen LogP contribution in [0.15, 0.2) is 23.2 Å². The number of amides is 1. The molecule has 0 aromatic heterocycles. The van der Waals surface area contributed by atoms with Crippen LogP contribution in [0.1, 0.15) is 19.3 Å². The molecule has 0 aliphatic carbocycles. The maximum Gasteiger partial charge on any atom is 0.303 e. The number of hydrogen-bond donors (Lipinski definition) is 1. The third-order valence-corrected chi connectivity index (χ3v) is 7.92. The molecule has 2 fully saturated rings. The van der Waals surface area contributed by atoms with Crippen LogP contribution in [0.25, 0.3) is 0 Å². The topological polar surface area (TPSA) is 123 Å². The molecule has 1 aromatic carbocycles. The van der Waals surface area contributed by atoms with Crippen molar-refractivity contribution in [1.29, 1.82) is 0 Å². The lowest BCUT2D eigenvalue weighted by Crippen LogP contribution is -2.38. The van der Waals surface area contributed by atoms with E-state index in [9.17, 15) is 18.0 Å². The number of thioether (sulfide) groups is 1. The second kappa shape index (κ2) is 8.62. The summed E-state index contributed by atoms with van der Waals surface area (Å²) in [6.07, 6.45) is 0.101. The Morgan fingerprint density at radius 3 is 2.66 bits per heavy atom. The number of benzene rings is 1. The van der Waals surface area contributed by atoms with Gasteiger partial charge in [-0.05, 0) is 18.6 Å². The number of anilines is 1. The molecule has 0 saturated carbocycles. The van der Waals surface area contributed by atoms with Crippen molar-refractivity contribution in [2.24, 2.45) is 4.99 Å². The van der Waals surface area contributed by atoms with E-state index in [1.165, 1.54) is 26.0 Å². The highest BCUT2D eigenvalue weighted by molar-refractivity contribution is 8.16. The number of methoxy groups -OCH3 is 2. The van der Waals surface area contributed by atoms with E-state index in [0.717, 1.165) is 0 Å². The van der Waals surface area contributed by atoms with E-state index in [0.29, 0.717) is 22.4 Å². The standard InChI is InChI=1S/C18H22N2O7S2/c1-26-11-6-7-12(14(8-11)27-2)20-13-9-29(24,25)10-15(13)28-18(20)19-16(21)4-3-5-17(22)23/h6-8,13,15H,3-5,9-10H2,1-2H3,(H,22,23)/t13-,15-/m0/s1. The molecule has 2 aliphatic rings. The van der Waals surface area contributed by atoms with Crippen LogP contribution in [0.5, 0.6) is 11.5 Å². The van der Waals surface area contributed by atoms with Gasteiger partial charge in [0.1, 0.15) is 11.5 Å². The molecule has 3 rings (SSSR count). The van der Waals surface area contributed by atoms with Crippen molar-refractivity contribution >= 4 is 44.3 Å². The summed E-state index contributed by atoms with van der Waals surface area (Å²) in [4.78, 5) is 28.8. The van der Waals surface area contributed by atoms with Gasteiger partial charge in [-0.2, -0.15) is 4.99 Å². The molecule has 2 heterocycles. The largest absolute Gasteiger partial charge is 0.497 e. The molecule has 2 atom stereocenters. The van der Waals surface area contributed by atoms with Crippen molar-refractivity contribution in [3.63, 3.8) is 0 Å². The maximum atomic E-state index is 12.3. The van der Waals surface area contributed by atoms with E-state index < -0.39 is 21.7 Å². The summed E-state index contributed by atoms with van der Waals surface area (Å²) < 4.78 is 35.0. The highest BCUT2D eigenvalue weighted by Gasteiger charge is 2.50. The number of amidine groups is 1. The van der Waals surface area contributed by atoms with Crippen LogP contribution < -0.4 is 14.4 Å². The molecule has 0 unspecified atom stereocenters. The summed E-state index contributed by atoms with van der Waals surface area (Å²) in [6.45, 7) is 0. The second-order valence-electron chi connectivity index (χ2n) is 6.74. The minimum Gasteiger partial charge on any atom is -0.497 e. The average molecular weight is 443 g/mol. The fourth-order valence-electron chi connectivity index (χ4n) is 3.38. The van der Waals surface area contributed by atoms with Crippen molar-refractivity contribution in [3.8, 4) is 11.5 Å². The van der Waals surface area contributed by atoms with E-state index >= 15 is 0 Å². The van der Waals surface area contributed by atoms with Crippen molar-refractivity contribution < 1.29 is 32.6 Å². The van der Waals surface area contributed by atoms with E-state index in [4.69, 9.17) is 14.6 Å². The number of rotatable bonds is 7. The van der Waals surface area contributed by atoms with Crippen molar-refractivity contribution in [2.45, 2.75) is 30.6 Å². The molecular weight excluding hydrogens is 420 g/mol. The Kier molecular flexibility index (Phi) is 6.37. The zero-order valence-corrected chi connectivity index (χ0v) is 17.7. The molecule has 158 valence electrons. The van der Waals surface area contributed by atoms with Crippen LogP contribution >= 0.6 is 11.8 Å². The van der Waals surface area contributed by atoms with Crippen molar-refractivity contribution in [2.75, 3.05) is 30.6 Å². The number of hydrogen-bond acceptors (Lipinski definition) is 7. The molecule has 0 bridgehead atoms. The SMILES string of the molecule is COc1ccc(N2C(=NC(=O)CCCC(=O)O)S[C@H]3CS(=O)(=O)C[C@@H]32)c(OC)c1. The minimum atomic E-state index is -3.19. The Hall–Kier alpha value is -2.27. The number of ether oxygens (including phenoxy) is 2. The number of carbonyl (C=O) groups is 2. The summed E-state index contributed by atoms with van der Waals surface area (Å²) >= 11 is 1.26. The molecule has 9 nitrogen and oxygen atoms in total. The highest BCUT2D eigenvalue weighted by atomic mass is 32.2. The van der Waals surface area contributed by atoms with Crippen LogP contribution in [0.4, 0.5) is 5.69 Å². The smallest absolute Gasteiger partial charge is 0.303 e. The van der Waals surface area contributed by atoms with Gasteiger partial charge in [0, 0.05) is 24.2 Å². The van der Waals surface area contributed by atoms with Crippen LogP contribution in [-0.4, -0.2) is 67.6 Å². The van der Waals surface area contributed by atoms with Gasteiger partial charge in [-0.25, -0.2) is 8.42 Å². The van der Waals surface area contributed by atoms with Crippen LogP contribution in [0, 0.1) is 0 Å². The molecule has 2 aliphatic heterocycles. The van der Waals surface area contributed by atoms with E-state index in [1.807, 2.05) is 0 Å². The lowest BCUT2D eigenvalue weighted by atomic mass is 10.2. The average Bonchev–Trinajstić information content (AvgIpc) is 3.11. The fourth-order valence-corrected chi connectivity index (χ4v) is 7.31. The number of sulfone groups is 1. The number of nitrogens with zero attached hydrogens (tertiary/aromatic N) is 2. The molecule has 2 saturated heterocycles. The Balaban J connectivity index is 1.93. The second-order valence-corrected chi connectivity index (χ2v) is 10.1. The van der Waals surface area contributed by atoms with Gasteiger partial charge < -0.3 is 19.5 Å². The van der Waals surface area contributed by atoms with Gasteiger partial charge in [0.2, 0.25) is 5.91 Å². The molecule has 1 amide bonds. The Labute approximate surface area is 173 Å². The summed E-state index contributed by atoms with van der Waals surface area (Å²) in [5.41, 5.74) is 0.600. The molecule has 0 spiro atoms. The van der Waals surface area contributed by atoms with Crippen LogP contribution in [-0.2, 0) is 19.4 Å². The first kappa shape index (κ1) is 21.4. The normalized spacial score (nSPS) is 23.8. The van der Waals surface area contributed by atoms with E-state index in [1.54, 1.807) is 23.1 Å². The van der Waals surface area contributed by atoms with Crippen LogP contribution in [0.2, 0.25) is 0 Å². The molecule has 1 aromatic rings. The lowest BCUT2D eigenvalue weighted by Gasteiger charge is -2.26. The first-order valence-corrected chi connectivity index (χ1v) is 11.7. The number of carboxylic acids is 1. The predicted octanol–water partition coefficient (Wildman–Crippen LogP) is 1.56. The number of fused-ring (bicyclic) bond motifs is 1. The predicted molar refractivity (Wildman–Crippen MR) is 110 cm³/mol. The van der Waals surface area contributed by atoms with Gasteiger partial charge in [-0.3, -0.25) is 9.59 Å². The molecule has 11 heteroatoms. The van der Waals surface area contributed by atoms with Gasteiger partial charge in [0.25, 0.3) is 0 Å². The van der Waals surface area contributed by atoms with Gasteiger partial charge >= 0.3 is 5.97 Å². The van der Waals surface area contributed by atoms with E-state index in [2.05, 4.69) is 4.99 Å². The van der Waals surface area contributed by atoms with Crippen molar-refractivity contribution in [3.05, 3.63) is 18.2 Å². The van der Waals surface area contributed by atoms with Gasteiger partial charge in [-0.1, -0.05) is 11.8 Å². The third kappa shape index (κ3) is 4.84.